The van der Waals surface area contributed by atoms with Crippen LogP contribution in [0.1, 0.15) is 18.0 Å². The SMILES string of the molecule is CNC(CCOCC(F)F)c1cc2[nH]c(=O)[nH]c2cc1Br. The Morgan fingerprint density at radius 1 is 1.33 bits per heavy atom. The predicted molar refractivity (Wildman–Crippen MR) is 79.9 cm³/mol. The number of hydrogen-bond donors (Lipinski definition) is 3. The molecule has 1 heterocycles. The van der Waals surface area contributed by atoms with Crippen molar-refractivity contribution in [1.29, 1.82) is 0 Å². The van der Waals surface area contributed by atoms with Crippen molar-refractivity contribution in [2.45, 2.75) is 18.9 Å². The molecule has 0 radical (unpaired) electrons. The van der Waals surface area contributed by atoms with Crippen LogP contribution in [-0.2, 0) is 4.74 Å². The van der Waals surface area contributed by atoms with Gasteiger partial charge in [-0.2, -0.15) is 0 Å². The van der Waals surface area contributed by atoms with Crippen molar-refractivity contribution in [3.8, 4) is 0 Å². The second kappa shape index (κ2) is 7.15. The molecule has 0 amide bonds. The lowest BCUT2D eigenvalue weighted by atomic mass is 10.0. The fourth-order valence-corrected chi connectivity index (χ4v) is 2.79. The molecule has 2 rings (SSSR count). The smallest absolute Gasteiger partial charge is 0.323 e. The van der Waals surface area contributed by atoms with Crippen LogP contribution in [0.3, 0.4) is 0 Å². The van der Waals surface area contributed by atoms with Gasteiger partial charge in [0.1, 0.15) is 6.61 Å². The number of imidazole rings is 1. The van der Waals surface area contributed by atoms with Crippen molar-refractivity contribution >= 4 is 27.0 Å². The average Bonchev–Trinajstić information content (AvgIpc) is 2.77. The molecular formula is C13H16BrF2N3O2. The van der Waals surface area contributed by atoms with Crippen molar-refractivity contribution in [2.75, 3.05) is 20.3 Å². The molecule has 0 saturated heterocycles. The van der Waals surface area contributed by atoms with Gasteiger partial charge in [0, 0.05) is 17.1 Å². The molecule has 0 bridgehead atoms. The van der Waals surface area contributed by atoms with E-state index in [-0.39, 0.29) is 18.3 Å². The maximum absolute atomic E-state index is 12.0. The Morgan fingerprint density at radius 2 is 2.00 bits per heavy atom. The highest BCUT2D eigenvalue weighted by atomic mass is 79.9. The van der Waals surface area contributed by atoms with Gasteiger partial charge in [0.25, 0.3) is 6.43 Å². The second-order valence-electron chi connectivity index (χ2n) is 4.59. The first-order chi connectivity index (χ1) is 10.0. The minimum absolute atomic E-state index is 0.0696. The summed E-state index contributed by atoms with van der Waals surface area (Å²) in [5, 5.41) is 3.12. The van der Waals surface area contributed by atoms with Crippen LogP contribution in [0.4, 0.5) is 8.78 Å². The molecule has 2 aromatic rings. The van der Waals surface area contributed by atoms with E-state index in [0.29, 0.717) is 17.5 Å². The third-order valence-electron chi connectivity index (χ3n) is 3.15. The molecular weight excluding hydrogens is 348 g/mol. The second-order valence-corrected chi connectivity index (χ2v) is 5.45. The summed E-state index contributed by atoms with van der Waals surface area (Å²) >= 11 is 3.46. The lowest BCUT2D eigenvalue weighted by Crippen LogP contribution is -2.19. The first-order valence-corrected chi connectivity index (χ1v) is 7.25. The summed E-state index contributed by atoms with van der Waals surface area (Å²) < 4.78 is 29.8. The number of H-pyrrole nitrogens is 2. The summed E-state index contributed by atoms with van der Waals surface area (Å²) in [4.78, 5) is 16.7. The molecule has 1 aromatic carbocycles. The zero-order chi connectivity index (χ0) is 15.4. The van der Waals surface area contributed by atoms with Gasteiger partial charge in [-0.05, 0) is 31.2 Å². The molecule has 0 saturated carbocycles. The van der Waals surface area contributed by atoms with Crippen LogP contribution in [0.25, 0.3) is 11.0 Å². The highest BCUT2D eigenvalue weighted by molar-refractivity contribution is 9.10. The van der Waals surface area contributed by atoms with Gasteiger partial charge in [0.05, 0.1) is 11.0 Å². The van der Waals surface area contributed by atoms with Crippen molar-refractivity contribution in [3.63, 3.8) is 0 Å². The third-order valence-corrected chi connectivity index (χ3v) is 3.84. The van der Waals surface area contributed by atoms with Gasteiger partial charge in [0.15, 0.2) is 0 Å². The van der Waals surface area contributed by atoms with Crippen LogP contribution >= 0.6 is 15.9 Å². The molecule has 21 heavy (non-hydrogen) atoms. The number of fused-ring (bicyclic) bond motifs is 1. The van der Waals surface area contributed by atoms with Crippen LogP contribution in [0.5, 0.6) is 0 Å². The van der Waals surface area contributed by atoms with E-state index in [4.69, 9.17) is 4.74 Å². The molecule has 0 aliphatic carbocycles. The molecule has 1 aromatic heterocycles. The third kappa shape index (κ3) is 4.12. The van der Waals surface area contributed by atoms with E-state index in [1.807, 2.05) is 12.1 Å². The van der Waals surface area contributed by atoms with Crippen LogP contribution in [0, 0.1) is 0 Å². The van der Waals surface area contributed by atoms with E-state index in [1.165, 1.54) is 0 Å². The van der Waals surface area contributed by atoms with Gasteiger partial charge in [-0.15, -0.1) is 0 Å². The number of halogens is 3. The molecule has 1 unspecified atom stereocenters. The predicted octanol–water partition coefficient (Wildman–Crippen LogP) is 2.55. The molecule has 8 heteroatoms. The maximum atomic E-state index is 12.0. The zero-order valence-corrected chi connectivity index (χ0v) is 13.0. The van der Waals surface area contributed by atoms with Crippen LogP contribution < -0.4 is 11.0 Å². The van der Waals surface area contributed by atoms with E-state index in [1.54, 1.807) is 7.05 Å². The number of alkyl halides is 2. The molecule has 0 aliphatic rings. The fraction of sp³-hybridized carbons (Fsp3) is 0.462. The van der Waals surface area contributed by atoms with Gasteiger partial charge in [-0.25, -0.2) is 13.6 Å². The highest BCUT2D eigenvalue weighted by Gasteiger charge is 2.15. The standard InChI is InChI=1S/C13H16BrF2N3O2/c1-17-9(2-3-21-6-12(15)16)7-4-10-11(5-8(7)14)19-13(20)18-10/h4-5,9,12,17H,2-3,6H2,1H3,(H2,18,19,20). The zero-order valence-electron chi connectivity index (χ0n) is 11.4. The number of ether oxygens (including phenoxy) is 1. The number of rotatable bonds is 7. The van der Waals surface area contributed by atoms with Crippen LogP contribution in [-0.4, -0.2) is 36.7 Å². The van der Waals surface area contributed by atoms with Gasteiger partial charge < -0.3 is 20.0 Å². The largest absolute Gasteiger partial charge is 0.375 e. The van der Waals surface area contributed by atoms with Crippen molar-refractivity contribution in [2.24, 2.45) is 0 Å². The molecule has 0 spiro atoms. The minimum Gasteiger partial charge on any atom is -0.375 e. The Balaban J connectivity index is 2.13. The quantitative estimate of drug-likeness (QED) is 0.662. The Kier molecular flexibility index (Phi) is 5.49. The molecule has 3 N–H and O–H groups in total. The van der Waals surface area contributed by atoms with E-state index in [2.05, 4.69) is 31.2 Å². The summed E-state index contributed by atoms with van der Waals surface area (Å²) in [7, 11) is 1.79. The Bertz CT molecular complexity index is 656. The summed E-state index contributed by atoms with van der Waals surface area (Å²) in [6.07, 6.45) is -1.91. The van der Waals surface area contributed by atoms with E-state index in [0.717, 1.165) is 10.0 Å². The first kappa shape index (κ1) is 16.1. The van der Waals surface area contributed by atoms with Gasteiger partial charge in [-0.1, -0.05) is 15.9 Å². The number of benzene rings is 1. The minimum atomic E-state index is -2.45. The monoisotopic (exact) mass is 363 g/mol. The molecule has 0 fully saturated rings. The Labute approximate surface area is 128 Å². The molecule has 5 nitrogen and oxygen atoms in total. The number of aromatic amines is 2. The van der Waals surface area contributed by atoms with Gasteiger partial charge in [0.2, 0.25) is 0 Å². The van der Waals surface area contributed by atoms with E-state index >= 15 is 0 Å². The Hall–Kier alpha value is -1.25. The summed E-state index contributed by atoms with van der Waals surface area (Å²) in [5.74, 6) is 0. The summed E-state index contributed by atoms with van der Waals surface area (Å²) in [6.45, 7) is -0.328. The number of hydrogen-bond acceptors (Lipinski definition) is 3. The summed E-state index contributed by atoms with van der Waals surface area (Å²) in [6, 6.07) is 3.60. The van der Waals surface area contributed by atoms with Crippen molar-refractivity contribution < 1.29 is 13.5 Å². The lowest BCUT2D eigenvalue weighted by Gasteiger charge is -2.18. The van der Waals surface area contributed by atoms with Crippen molar-refractivity contribution in [3.05, 3.63) is 32.7 Å². The molecule has 1 atom stereocenters. The van der Waals surface area contributed by atoms with Crippen LogP contribution in [0.2, 0.25) is 0 Å². The van der Waals surface area contributed by atoms with Crippen LogP contribution in [0.15, 0.2) is 21.4 Å². The Morgan fingerprint density at radius 3 is 2.62 bits per heavy atom. The molecule has 116 valence electrons. The first-order valence-electron chi connectivity index (χ1n) is 6.46. The highest BCUT2D eigenvalue weighted by Crippen LogP contribution is 2.28. The van der Waals surface area contributed by atoms with E-state index < -0.39 is 13.0 Å². The maximum Gasteiger partial charge on any atom is 0.323 e. The number of aromatic nitrogens is 2. The van der Waals surface area contributed by atoms with Gasteiger partial charge >= 0.3 is 5.69 Å². The summed E-state index contributed by atoms with van der Waals surface area (Å²) in [5.41, 5.74) is 2.07. The topological polar surface area (TPSA) is 69.9 Å². The molecule has 0 aliphatic heterocycles. The lowest BCUT2D eigenvalue weighted by molar-refractivity contribution is 0.0145. The average molecular weight is 364 g/mol. The van der Waals surface area contributed by atoms with E-state index in [9.17, 15) is 13.6 Å². The van der Waals surface area contributed by atoms with Crippen molar-refractivity contribution in [1.82, 2.24) is 15.3 Å². The normalized spacial score (nSPS) is 13.2. The fourth-order valence-electron chi connectivity index (χ4n) is 2.17. The number of nitrogens with one attached hydrogen (secondary N) is 3. The van der Waals surface area contributed by atoms with Gasteiger partial charge in [-0.3, -0.25) is 0 Å².